The number of aryl methyl sites for hydroxylation is 1. The van der Waals surface area contributed by atoms with Crippen LogP contribution in [0.3, 0.4) is 0 Å². The molecule has 2 aromatic rings. The van der Waals surface area contributed by atoms with Gasteiger partial charge in [-0.05, 0) is 72.7 Å². The Balaban J connectivity index is 1.88. The fourth-order valence-corrected chi connectivity index (χ4v) is 5.05. The summed E-state index contributed by atoms with van der Waals surface area (Å²) < 4.78 is 1.10. The van der Waals surface area contributed by atoms with Gasteiger partial charge in [-0.1, -0.05) is 52.5 Å². The molecule has 1 aromatic carbocycles. The molecular weight excluding hydrogens is 448 g/mol. The van der Waals surface area contributed by atoms with Gasteiger partial charge in [-0.15, -0.1) is 0 Å². The van der Waals surface area contributed by atoms with Crippen molar-refractivity contribution < 1.29 is 0 Å². The van der Waals surface area contributed by atoms with Crippen LogP contribution in [0, 0.1) is 6.92 Å². The normalized spacial score (nSPS) is 13.6. The molecule has 2 heterocycles. The van der Waals surface area contributed by atoms with E-state index in [9.17, 15) is 0 Å². The van der Waals surface area contributed by atoms with E-state index in [0.717, 1.165) is 53.7 Å². The van der Waals surface area contributed by atoms with Crippen LogP contribution in [0.4, 0.5) is 17.5 Å². The number of anilines is 3. The Morgan fingerprint density at radius 1 is 1.10 bits per heavy atom. The molecule has 0 aliphatic carbocycles. The van der Waals surface area contributed by atoms with Gasteiger partial charge in [0.15, 0.2) is 0 Å². The molecule has 170 valence electrons. The highest BCUT2D eigenvalue weighted by atomic mass is 79.9. The van der Waals surface area contributed by atoms with Gasteiger partial charge >= 0.3 is 0 Å². The summed E-state index contributed by atoms with van der Waals surface area (Å²) in [6.07, 6.45) is 8.83. The molecule has 0 radical (unpaired) electrons. The maximum absolute atomic E-state index is 5.14. The van der Waals surface area contributed by atoms with E-state index in [1.54, 1.807) is 0 Å². The Morgan fingerprint density at radius 3 is 2.55 bits per heavy atom. The Labute approximate surface area is 197 Å². The Morgan fingerprint density at radius 2 is 1.87 bits per heavy atom. The molecule has 0 fully saturated rings. The number of rotatable bonds is 10. The lowest BCUT2D eigenvalue weighted by molar-refractivity contribution is 0.595. The van der Waals surface area contributed by atoms with Crippen LogP contribution >= 0.6 is 15.9 Å². The molecule has 4 nitrogen and oxygen atoms in total. The summed E-state index contributed by atoms with van der Waals surface area (Å²) >= 11 is 3.81. The smallest absolute Gasteiger partial charge is 0.232 e. The van der Waals surface area contributed by atoms with Crippen molar-refractivity contribution in [2.24, 2.45) is 0 Å². The van der Waals surface area contributed by atoms with Gasteiger partial charge in [-0.2, -0.15) is 4.98 Å². The van der Waals surface area contributed by atoms with Crippen molar-refractivity contribution in [1.82, 2.24) is 9.97 Å². The highest BCUT2D eigenvalue weighted by Crippen LogP contribution is 2.35. The molecule has 31 heavy (non-hydrogen) atoms. The fourth-order valence-electron chi connectivity index (χ4n) is 4.44. The molecule has 1 aliphatic rings. The molecule has 3 rings (SSSR count). The van der Waals surface area contributed by atoms with E-state index in [2.05, 4.69) is 78.5 Å². The molecule has 0 N–H and O–H groups in total. The number of unbranched alkanes of at least 4 members (excludes halogenated alkanes) is 4. The monoisotopic (exact) mass is 486 g/mol. The SMILES string of the molecule is CCCCCCCN1CCCc2c(C)nc(N(CC)c3ccc(C(C)C)cc3Br)nc21. The zero-order chi connectivity index (χ0) is 22.4. The van der Waals surface area contributed by atoms with Gasteiger partial charge in [0.25, 0.3) is 0 Å². The third-order valence-corrected chi connectivity index (χ3v) is 6.99. The summed E-state index contributed by atoms with van der Waals surface area (Å²) in [6.45, 7) is 14.1. The zero-order valence-corrected chi connectivity index (χ0v) is 21.6. The standard InChI is InChI=1S/C26H39BrN4/c1-6-8-9-10-11-16-30-17-12-13-22-20(5)28-26(29-25(22)30)31(7-2)24-15-14-21(19(3)4)18-23(24)27/h14-15,18-19H,6-13,16-17H2,1-5H3. The fraction of sp³-hybridized carbons (Fsp3) is 0.615. The number of aromatic nitrogens is 2. The second kappa shape index (κ2) is 11.3. The van der Waals surface area contributed by atoms with Gasteiger partial charge in [0.1, 0.15) is 5.82 Å². The predicted molar refractivity (Wildman–Crippen MR) is 137 cm³/mol. The summed E-state index contributed by atoms with van der Waals surface area (Å²) in [7, 11) is 0. The van der Waals surface area contributed by atoms with E-state index < -0.39 is 0 Å². The maximum Gasteiger partial charge on any atom is 0.232 e. The highest BCUT2D eigenvalue weighted by Gasteiger charge is 2.24. The van der Waals surface area contributed by atoms with E-state index in [4.69, 9.17) is 9.97 Å². The first-order chi connectivity index (χ1) is 15.0. The van der Waals surface area contributed by atoms with Crippen LogP contribution in [0.25, 0.3) is 0 Å². The van der Waals surface area contributed by atoms with Crippen molar-refractivity contribution in [3.8, 4) is 0 Å². The first-order valence-electron chi connectivity index (χ1n) is 12.2. The number of nitrogens with zero attached hydrogens (tertiary/aromatic N) is 4. The van der Waals surface area contributed by atoms with Crippen LogP contribution in [-0.2, 0) is 6.42 Å². The van der Waals surface area contributed by atoms with Gasteiger partial charge < -0.3 is 9.80 Å². The second-order valence-electron chi connectivity index (χ2n) is 9.03. The molecule has 0 bridgehead atoms. The van der Waals surface area contributed by atoms with Gasteiger partial charge in [0, 0.05) is 35.4 Å². The van der Waals surface area contributed by atoms with Gasteiger partial charge in [0.05, 0.1) is 5.69 Å². The minimum absolute atomic E-state index is 0.508. The van der Waals surface area contributed by atoms with Gasteiger partial charge in [0.2, 0.25) is 5.95 Å². The molecule has 1 aromatic heterocycles. The Hall–Kier alpha value is -1.62. The molecule has 0 amide bonds. The quantitative estimate of drug-likeness (QED) is 0.324. The van der Waals surface area contributed by atoms with Crippen LogP contribution in [0.5, 0.6) is 0 Å². The van der Waals surface area contributed by atoms with Crippen LogP contribution in [0.15, 0.2) is 22.7 Å². The number of halogens is 1. The van der Waals surface area contributed by atoms with E-state index in [1.807, 2.05) is 0 Å². The molecular formula is C26H39BrN4. The molecule has 0 spiro atoms. The zero-order valence-electron chi connectivity index (χ0n) is 20.0. The minimum atomic E-state index is 0.508. The van der Waals surface area contributed by atoms with E-state index in [0.29, 0.717) is 5.92 Å². The Bertz CT molecular complexity index is 865. The summed E-state index contributed by atoms with van der Waals surface area (Å²) in [5.74, 6) is 2.49. The molecule has 0 saturated carbocycles. The average molecular weight is 488 g/mol. The molecule has 0 unspecified atom stereocenters. The van der Waals surface area contributed by atoms with E-state index in [1.165, 1.54) is 49.7 Å². The maximum atomic E-state index is 5.14. The van der Waals surface area contributed by atoms with Crippen LogP contribution in [0.1, 0.15) is 89.0 Å². The summed E-state index contributed by atoms with van der Waals surface area (Å²) in [6, 6.07) is 6.66. The predicted octanol–water partition coefficient (Wildman–Crippen LogP) is 7.55. The molecule has 0 atom stereocenters. The van der Waals surface area contributed by atoms with Crippen molar-refractivity contribution in [3.63, 3.8) is 0 Å². The van der Waals surface area contributed by atoms with Crippen LogP contribution < -0.4 is 9.80 Å². The second-order valence-corrected chi connectivity index (χ2v) is 9.88. The topological polar surface area (TPSA) is 32.3 Å². The first-order valence-corrected chi connectivity index (χ1v) is 12.9. The summed E-state index contributed by atoms with van der Waals surface area (Å²) in [5.41, 5.74) is 4.94. The Kier molecular flexibility index (Phi) is 8.76. The molecule has 5 heteroatoms. The summed E-state index contributed by atoms with van der Waals surface area (Å²) in [4.78, 5) is 14.8. The lowest BCUT2D eigenvalue weighted by Gasteiger charge is -2.32. The number of fused-ring (bicyclic) bond motifs is 1. The third kappa shape index (κ3) is 5.79. The minimum Gasteiger partial charge on any atom is -0.356 e. The van der Waals surface area contributed by atoms with E-state index in [-0.39, 0.29) is 0 Å². The summed E-state index contributed by atoms with van der Waals surface area (Å²) in [5, 5.41) is 0. The van der Waals surface area contributed by atoms with E-state index >= 15 is 0 Å². The van der Waals surface area contributed by atoms with Crippen molar-refractivity contribution in [1.29, 1.82) is 0 Å². The van der Waals surface area contributed by atoms with Gasteiger partial charge in [-0.3, -0.25) is 0 Å². The largest absolute Gasteiger partial charge is 0.356 e. The third-order valence-electron chi connectivity index (χ3n) is 6.35. The average Bonchev–Trinajstić information content (AvgIpc) is 2.75. The van der Waals surface area contributed by atoms with Crippen LogP contribution in [0.2, 0.25) is 0 Å². The lowest BCUT2D eigenvalue weighted by Crippen LogP contribution is -2.33. The molecule has 0 saturated heterocycles. The number of hydrogen-bond donors (Lipinski definition) is 0. The first kappa shape index (κ1) is 24.0. The lowest BCUT2D eigenvalue weighted by atomic mass is 10.0. The molecule has 1 aliphatic heterocycles. The number of benzene rings is 1. The van der Waals surface area contributed by atoms with Crippen molar-refractivity contribution in [3.05, 3.63) is 39.5 Å². The highest BCUT2D eigenvalue weighted by molar-refractivity contribution is 9.10. The van der Waals surface area contributed by atoms with Crippen molar-refractivity contribution >= 4 is 33.4 Å². The number of hydrogen-bond acceptors (Lipinski definition) is 4. The van der Waals surface area contributed by atoms with Crippen LogP contribution in [-0.4, -0.2) is 29.6 Å². The van der Waals surface area contributed by atoms with Gasteiger partial charge in [-0.25, -0.2) is 4.98 Å². The van der Waals surface area contributed by atoms with Crippen molar-refractivity contribution in [2.45, 2.75) is 85.5 Å². The van der Waals surface area contributed by atoms with Crippen molar-refractivity contribution in [2.75, 3.05) is 29.4 Å².